The normalized spacial score (nSPS) is 21.4. The van der Waals surface area contributed by atoms with E-state index in [0.29, 0.717) is 92.5 Å². The Morgan fingerprint density at radius 1 is 0.397 bits per heavy atom. The van der Waals surface area contributed by atoms with Crippen molar-refractivity contribution < 1.29 is 37.9 Å². The minimum absolute atomic E-state index is 0.361. The molecule has 58 heavy (non-hydrogen) atoms. The third-order valence-corrected chi connectivity index (χ3v) is 11.5. The van der Waals surface area contributed by atoms with E-state index in [2.05, 4.69) is 109 Å². The number of benzene rings is 8. The Morgan fingerprint density at radius 2 is 0.741 bits per heavy atom. The van der Waals surface area contributed by atoms with Crippen molar-refractivity contribution in [1.82, 2.24) is 0 Å². The summed E-state index contributed by atoms with van der Waals surface area (Å²) in [7, 11) is 0. The first kappa shape index (κ1) is 39.0. The summed E-state index contributed by atoms with van der Waals surface area (Å²) in [6.07, 6.45) is 0. The van der Waals surface area contributed by atoms with Crippen LogP contribution >= 0.6 is 0 Å². The Kier molecular flexibility index (Phi) is 11.7. The fourth-order valence-corrected chi connectivity index (χ4v) is 8.56. The van der Waals surface area contributed by atoms with Crippen molar-refractivity contribution in [3.8, 4) is 0 Å². The largest absolute Gasteiger partial charge is 0.377 e. The molecular weight excluding hydrogens is 729 g/mol. The quantitative estimate of drug-likeness (QED) is 0.141. The molecule has 0 saturated carbocycles. The Hall–Kier alpha value is -4.48. The SMILES string of the molecule is C[C@]1(COCc2ccc3ccc4cccc5ccc2c3c45)COCCOCCOC[C@](C)(COCc2ccc3ccc4cccc5ccc2c3c45)OCCOCCO1. The van der Waals surface area contributed by atoms with Gasteiger partial charge in [0.05, 0.1) is 92.5 Å². The smallest absolute Gasteiger partial charge is 0.112 e. The standard InChI is InChI=1S/C50H52O8/c1-49(33-55-29-41-15-13-39-11-9-35-5-3-7-37-17-19-43(41)47(39)45(35)37)31-53-23-21-51-22-24-54-32-50(2,58-28-26-52-25-27-57-49)34-56-30-42-16-14-40-12-10-36-6-4-8-38-18-20-44(42)48(40)46(36)38/h3-20H,21-34H2,1-2H3/t49-,50-/m1/s1. The van der Waals surface area contributed by atoms with Gasteiger partial charge in [-0.05, 0) is 89.6 Å². The maximum absolute atomic E-state index is 6.40. The van der Waals surface area contributed by atoms with Crippen molar-refractivity contribution in [1.29, 1.82) is 0 Å². The average molecular weight is 781 g/mol. The van der Waals surface area contributed by atoms with Crippen LogP contribution in [-0.2, 0) is 51.1 Å². The molecule has 0 amide bonds. The molecule has 0 bridgehead atoms. The second kappa shape index (κ2) is 17.4. The van der Waals surface area contributed by atoms with Crippen LogP contribution in [0, 0.1) is 0 Å². The average Bonchev–Trinajstić information content (AvgIpc) is 3.24. The highest BCUT2D eigenvalue weighted by Crippen LogP contribution is 2.38. The number of rotatable bonds is 8. The van der Waals surface area contributed by atoms with Crippen LogP contribution in [-0.4, -0.2) is 90.5 Å². The highest BCUT2D eigenvalue weighted by Gasteiger charge is 2.28. The summed E-state index contributed by atoms with van der Waals surface area (Å²) in [4.78, 5) is 0. The minimum atomic E-state index is -0.678. The molecule has 0 spiro atoms. The summed E-state index contributed by atoms with van der Waals surface area (Å²) in [5.41, 5.74) is 0.949. The summed E-state index contributed by atoms with van der Waals surface area (Å²) in [5.74, 6) is 0. The van der Waals surface area contributed by atoms with Gasteiger partial charge in [0.1, 0.15) is 11.2 Å². The van der Waals surface area contributed by atoms with E-state index >= 15 is 0 Å². The van der Waals surface area contributed by atoms with Gasteiger partial charge in [-0.2, -0.15) is 0 Å². The van der Waals surface area contributed by atoms with Gasteiger partial charge < -0.3 is 37.9 Å². The van der Waals surface area contributed by atoms with Crippen molar-refractivity contribution in [3.05, 3.63) is 120 Å². The molecule has 2 atom stereocenters. The molecule has 0 aliphatic carbocycles. The summed E-state index contributed by atoms with van der Waals surface area (Å²) in [5, 5.41) is 15.1. The highest BCUT2D eigenvalue weighted by atomic mass is 16.6. The number of ether oxygens (including phenoxy) is 8. The van der Waals surface area contributed by atoms with Crippen LogP contribution in [0.15, 0.2) is 109 Å². The molecule has 1 aliphatic rings. The molecule has 1 heterocycles. The molecule has 8 nitrogen and oxygen atoms in total. The fraction of sp³-hybridized carbons (Fsp3) is 0.360. The predicted octanol–water partition coefficient (Wildman–Crippen LogP) is 9.85. The molecule has 9 rings (SSSR count). The van der Waals surface area contributed by atoms with Crippen LogP contribution in [0.4, 0.5) is 0 Å². The summed E-state index contributed by atoms with van der Waals surface area (Å²) in [6.45, 7) is 9.80. The van der Waals surface area contributed by atoms with E-state index in [1.54, 1.807) is 0 Å². The third-order valence-electron chi connectivity index (χ3n) is 11.5. The van der Waals surface area contributed by atoms with Gasteiger partial charge in [0.2, 0.25) is 0 Å². The third kappa shape index (κ3) is 8.35. The second-order valence-electron chi connectivity index (χ2n) is 16.1. The molecule has 8 aromatic carbocycles. The lowest BCUT2D eigenvalue weighted by atomic mass is 9.92. The first-order chi connectivity index (χ1) is 28.5. The first-order valence-corrected chi connectivity index (χ1v) is 20.5. The van der Waals surface area contributed by atoms with E-state index in [0.717, 1.165) is 11.1 Å². The van der Waals surface area contributed by atoms with Gasteiger partial charge in [-0.3, -0.25) is 0 Å². The fourth-order valence-electron chi connectivity index (χ4n) is 8.56. The molecule has 8 aromatic rings. The molecule has 0 N–H and O–H groups in total. The topological polar surface area (TPSA) is 73.8 Å². The zero-order valence-electron chi connectivity index (χ0n) is 33.6. The van der Waals surface area contributed by atoms with Gasteiger partial charge in [-0.1, -0.05) is 109 Å². The molecule has 1 fully saturated rings. The second-order valence-corrected chi connectivity index (χ2v) is 16.1. The van der Waals surface area contributed by atoms with Crippen LogP contribution in [0.1, 0.15) is 25.0 Å². The van der Waals surface area contributed by atoms with Crippen molar-refractivity contribution >= 4 is 64.6 Å². The Bertz CT molecular complexity index is 2390. The summed E-state index contributed by atoms with van der Waals surface area (Å²) >= 11 is 0. The van der Waals surface area contributed by atoms with Gasteiger partial charge in [0.15, 0.2) is 0 Å². The van der Waals surface area contributed by atoms with Crippen LogP contribution in [0.5, 0.6) is 0 Å². The first-order valence-electron chi connectivity index (χ1n) is 20.5. The van der Waals surface area contributed by atoms with E-state index in [9.17, 15) is 0 Å². The molecule has 1 saturated heterocycles. The predicted molar refractivity (Wildman–Crippen MR) is 232 cm³/mol. The van der Waals surface area contributed by atoms with Crippen LogP contribution in [0.2, 0.25) is 0 Å². The van der Waals surface area contributed by atoms with Crippen molar-refractivity contribution in [2.24, 2.45) is 0 Å². The van der Waals surface area contributed by atoms with Crippen molar-refractivity contribution in [2.75, 3.05) is 79.3 Å². The summed E-state index contributed by atoms with van der Waals surface area (Å²) in [6, 6.07) is 39.4. The van der Waals surface area contributed by atoms with Gasteiger partial charge >= 0.3 is 0 Å². The maximum Gasteiger partial charge on any atom is 0.112 e. The molecule has 300 valence electrons. The van der Waals surface area contributed by atoms with E-state index < -0.39 is 11.2 Å². The minimum Gasteiger partial charge on any atom is -0.377 e. The monoisotopic (exact) mass is 780 g/mol. The van der Waals surface area contributed by atoms with Crippen molar-refractivity contribution in [2.45, 2.75) is 38.3 Å². The van der Waals surface area contributed by atoms with E-state index in [4.69, 9.17) is 37.9 Å². The molecular formula is C50H52O8. The zero-order chi connectivity index (χ0) is 39.4. The number of hydrogen-bond acceptors (Lipinski definition) is 8. The molecule has 0 unspecified atom stereocenters. The van der Waals surface area contributed by atoms with E-state index in [1.165, 1.54) is 64.6 Å². The highest BCUT2D eigenvalue weighted by molar-refractivity contribution is 6.24. The maximum atomic E-state index is 6.40. The molecule has 0 radical (unpaired) electrons. The molecule has 0 aromatic heterocycles. The van der Waals surface area contributed by atoms with Gasteiger partial charge in [-0.25, -0.2) is 0 Å². The lowest BCUT2D eigenvalue weighted by Crippen LogP contribution is -2.41. The summed E-state index contributed by atoms with van der Waals surface area (Å²) < 4.78 is 49.6. The van der Waals surface area contributed by atoms with E-state index in [1.807, 2.05) is 13.8 Å². The number of hydrogen-bond donors (Lipinski definition) is 0. The zero-order valence-corrected chi connectivity index (χ0v) is 33.6. The Balaban J connectivity index is 0.792. The van der Waals surface area contributed by atoms with Gasteiger partial charge in [0.25, 0.3) is 0 Å². The van der Waals surface area contributed by atoms with Gasteiger partial charge in [0, 0.05) is 0 Å². The van der Waals surface area contributed by atoms with E-state index in [-0.39, 0.29) is 0 Å². The lowest BCUT2D eigenvalue weighted by Gasteiger charge is -2.31. The van der Waals surface area contributed by atoms with Crippen LogP contribution < -0.4 is 0 Å². The van der Waals surface area contributed by atoms with Crippen LogP contribution in [0.25, 0.3) is 64.6 Å². The van der Waals surface area contributed by atoms with Gasteiger partial charge in [-0.15, -0.1) is 0 Å². The molecule has 1 aliphatic heterocycles. The Morgan fingerprint density at radius 3 is 1.17 bits per heavy atom. The molecule has 8 heteroatoms. The van der Waals surface area contributed by atoms with Crippen LogP contribution in [0.3, 0.4) is 0 Å². The Labute approximate surface area is 339 Å². The van der Waals surface area contributed by atoms with Crippen molar-refractivity contribution in [3.63, 3.8) is 0 Å². The lowest BCUT2D eigenvalue weighted by molar-refractivity contribution is -0.154.